The lowest BCUT2D eigenvalue weighted by Crippen LogP contribution is -2.26. The minimum atomic E-state index is -0.0334. The summed E-state index contributed by atoms with van der Waals surface area (Å²) in [5.74, 6) is 2.45. The second-order valence-corrected chi connectivity index (χ2v) is 8.08. The number of rotatable bonds is 7. The zero-order valence-corrected chi connectivity index (χ0v) is 21.8. The number of benzene rings is 1. The fourth-order valence-corrected chi connectivity index (χ4v) is 3.32. The molecule has 0 spiro atoms. The standard InChI is InChI=1S/C24H29N3O2.2C2H6/c1-24(2,3)27-23-9-7-19(16-26-23)20(14-17-10-12-25-13-11-17)18-6-8-21(28-4)22(15-18)29-5;2*1-2/h6-13,15-16,20H,14H2,1-5H3,(H,26,27);2*1-2H3. The van der Waals surface area contributed by atoms with Crippen LogP contribution in [0, 0.1) is 0 Å². The second-order valence-electron chi connectivity index (χ2n) is 8.08. The maximum atomic E-state index is 5.53. The van der Waals surface area contributed by atoms with Gasteiger partial charge in [0, 0.05) is 30.0 Å². The fourth-order valence-electron chi connectivity index (χ4n) is 3.32. The van der Waals surface area contributed by atoms with Crippen LogP contribution in [0.15, 0.2) is 61.1 Å². The maximum Gasteiger partial charge on any atom is 0.161 e. The molecule has 0 amide bonds. The average molecular weight is 452 g/mol. The van der Waals surface area contributed by atoms with E-state index in [-0.39, 0.29) is 11.5 Å². The third-order valence-corrected chi connectivity index (χ3v) is 4.69. The van der Waals surface area contributed by atoms with Gasteiger partial charge in [-0.2, -0.15) is 0 Å². The van der Waals surface area contributed by atoms with Gasteiger partial charge in [0.05, 0.1) is 14.2 Å². The van der Waals surface area contributed by atoms with Crippen molar-refractivity contribution in [3.63, 3.8) is 0 Å². The molecule has 0 saturated heterocycles. The van der Waals surface area contributed by atoms with Crippen molar-refractivity contribution in [2.24, 2.45) is 0 Å². The first-order valence-corrected chi connectivity index (χ1v) is 11.7. The molecule has 0 saturated carbocycles. The molecule has 0 bridgehead atoms. The van der Waals surface area contributed by atoms with Crippen molar-refractivity contribution < 1.29 is 9.47 Å². The van der Waals surface area contributed by atoms with Crippen LogP contribution in [0.5, 0.6) is 11.5 Å². The molecule has 1 atom stereocenters. The summed E-state index contributed by atoms with van der Waals surface area (Å²) in [6, 6.07) is 14.4. The maximum absolute atomic E-state index is 5.53. The number of ether oxygens (including phenoxy) is 2. The van der Waals surface area contributed by atoms with Crippen LogP contribution >= 0.6 is 0 Å². The number of hydrogen-bond donors (Lipinski definition) is 1. The number of nitrogens with one attached hydrogen (secondary N) is 1. The van der Waals surface area contributed by atoms with Gasteiger partial charge < -0.3 is 14.8 Å². The Kier molecular flexibility index (Phi) is 12.0. The Bertz CT molecular complexity index is 920. The third kappa shape index (κ3) is 8.76. The summed E-state index contributed by atoms with van der Waals surface area (Å²) in [6.07, 6.45) is 6.45. The Balaban J connectivity index is 0.00000129. The van der Waals surface area contributed by atoms with E-state index >= 15 is 0 Å². The van der Waals surface area contributed by atoms with Gasteiger partial charge in [-0.15, -0.1) is 0 Å². The van der Waals surface area contributed by atoms with E-state index in [0.29, 0.717) is 0 Å². The molecule has 2 aromatic heterocycles. The molecule has 1 aromatic carbocycles. The van der Waals surface area contributed by atoms with Gasteiger partial charge in [-0.1, -0.05) is 39.8 Å². The van der Waals surface area contributed by atoms with Crippen molar-refractivity contribution in [2.45, 2.75) is 66.3 Å². The van der Waals surface area contributed by atoms with Gasteiger partial charge in [0.1, 0.15) is 5.82 Å². The van der Waals surface area contributed by atoms with Gasteiger partial charge in [-0.3, -0.25) is 4.98 Å². The van der Waals surface area contributed by atoms with E-state index in [1.165, 1.54) is 5.56 Å². The molecular formula is C28H41N3O2. The van der Waals surface area contributed by atoms with Crippen molar-refractivity contribution in [3.05, 3.63) is 77.7 Å². The molecule has 3 aromatic rings. The topological polar surface area (TPSA) is 56.3 Å². The predicted molar refractivity (Wildman–Crippen MR) is 140 cm³/mol. The van der Waals surface area contributed by atoms with Crippen LogP contribution in [-0.2, 0) is 6.42 Å². The Morgan fingerprint density at radius 1 is 0.818 bits per heavy atom. The normalized spacial score (nSPS) is 11.2. The zero-order chi connectivity index (χ0) is 24.9. The first-order chi connectivity index (χ1) is 15.9. The lowest BCUT2D eigenvalue weighted by Gasteiger charge is -2.23. The van der Waals surface area contributed by atoms with Crippen LogP contribution in [0.1, 0.15) is 71.1 Å². The van der Waals surface area contributed by atoms with Crippen molar-refractivity contribution >= 4 is 5.82 Å². The summed E-state index contributed by atoms with van der Waals surface area (Å²) in [7, 11) is 3.31. The van der Waals surface area contributed by atoms with Gasteiger partial charge >= 0.3 is 0 Å². The van der Waals surface area contributed by atoms with Crippen LogP contribution in [0.4, 0.5) is 5.82 Å². The Hall–Kier alpha value is -3.08. The summed E-state index contributed by atoms with van der Waals surface area (Å²) in [5, 5.41) is 3.41. The van der Waals surface area contributed by atoms with Gasteiger partial charge in [-0.05, 0) is 74.2 Å². The van der Waals surface area contributed by atoms with E-state index in [1.807, 2.05) is 64.5 Å². The Morgan fingerprint density at radius 3 is 1.94 bits per heavy atom. The van der Waals surface area contributed by atoms with Crippen LogP contribution < -0.4 is 14.8 Å². The molecule has 0 aliphatic rings. The minimum Gasteiger partial charge on any atom is -0.493 e. The van der Waals surface area contributed by atoms with E-state index < -0.39 is 0 Å². The van der Waals surface area contributed by atoms with Crippen molar-refractivity contribution in [1.82, 2.24) is 9.97 Å². The lowest BCUT2D eigenvalue weighted by atomic mass is 9.86. The summed E-state index contributed by atoms with van der Waals surface area (Å²) in [5.41, 5.74) is 3.48. The largest absolute Gasteiger partial charge is 0.493 e. The van der Waals surface area contributed by atoms with Crippen LogP contribution in [0.25, 0.3) is 0 Å². The molecule has 2 heterocycles. The molecular weight excluding hydrogens is 410 g/mol. The van der Waals surface area contributed by atoms with Crippen LogP contribution in [0.3, 0.4) is 0 Å². The van der Waals surface area contributed by atoms with E-state index in [2.05, 4.69) is 60.3 Å². The van der Waals surface area contributed by atoms with E-state index in [4.69, 9.17) is 9.47 Å². The molecule has 0 aliphatic heterocycles. The second kappa shape index (κ2) is 14.1. The highest BCUT2D eigenvalue weighted by Gasteiger charge is 2.19. The van der Waals surface area contributed by atoms with E-state index in [9.17, 15) is 0 Å². The molecule has 180 valence electrons. The summed E-state index contributed by atoms with van der Waals surface area (Å²) in [4.78, 5) is 8.79. The number of anilines is 1. The molecule has 33 heavy (non-hydrogen) atoms. The van der Waals surface area contributed by atoms with Gasteiger partial charge in [0.15, 0.2) is 11.5 Å². The highest BCUT2D eigenvalue weighted by atomic mass is 16.5. The average Bonchev–Trinajstić information content (AvgIpc) is 2.85. The van der Waals surface area contributed by atoms with Crippen molar-refractivity contribution in [3.8, 4) is 11.5 Å². The summed E-state index contributed by atoms with van der Waals surface area (Å²) in [6.45, 7) is 14.4. The van der Waals surface area contributed by atoms with E-state index in [0.717, 1.165) is 34.9 Å². The quantitative estimate of drug-likeness (QED) is 0.414. The van der Waals surface area contributed by atoms with E-state index in [1.54, 1.807) is 14.2 Å². The number of hydrogen-bond acceptors (Lipinski definition) is 5. The molecule has 0 radical (unpaired) electrons. The molecule has 1 N–H and O–H groups in total. The molecule has 5 nitrogen and oxygen atoms in total. The SMILES string of the molecule is CC.CC.COc1ccc(C(Cc2ccncc2)c2ccc(NC(C)(C)C)nc2)cc1OC. The molecule has 5 heteroatoms. The van der Waals surface area contributed by atoms with Gasteiger partial charge in [0.2, 0.25) is 0 Å². The molecule has 3 rings (SSSR count). The fraction of sp³-hybridized carbons (Fsp3) is 0.429. The number of pyridine rings is 2. The van der Waals surface area contributed by atoms with Gasteiger partial charge in [0.25, 0.3) is 0 Å². The smallest absolute Gasteiger partial charge is 0.161 e. The Morgan fingerprint density at radius 2 is 1.42 bits per heavy atom. The number of nitrogens with zero attached hydrogens (tertiary/aromatic N) is 2. The van der Waals surface area contributed by atoms with Crippen molar-refractivity contribution in [2.75, 3.05) is 19.5 Å². The number of methoxy groups -OCH3 is 2. The van der Waals surface area contributed by atoms with Crippen LogP contribution in [0.2, 0.25) is 0 Å². The van der Waals surface area contributed by atoms with Crippen LogP contribution in [-0.4, -0.2) is 29.7 Å². The van der Waals surface area contributed by atoms with Gasteiger partial charge in [-0.25, -0.2) is 4.98 Å². The molecule has 0 aliphatic carbocycles. The monoisotopic (exact) mass is 451 g/mol. The first kappa shape index (κ1) is 28.0. The minimum absolute atomic E-state index is 0.0334. The Labute approximate surface area is 200 Å². The third-order valence-electron chi connectivity index (χ3n) is 4.69. The first-order valence-electron chi connectivity index (χ1n) is 11.7. The number of aromatic nitrogens is 2. The highest BCUT2D eigenvalue weighted by Crippen LogP contribution is 2.35. The lowest BCUT2D eigenvalue weighted by molar-refractivity contribution is 0.354. The predicted octanol–water partition coefficient (Wildman–Crippen LogP) is 7.13. The molecule has 1 unspecified atom stereocenters. The highest BCUT2D eigenvalue weighted by molar-refractivity contribution is 5.47. The summed E-state index contributed by atoms with van der Waals surface area (Å²) >= 11 is 0. The zero-order valence-electron chi connectivity index (χ0n) is 21.8. The van der Waals surface area contributed by atoms with Crippen molar-refractivity contribution in [1.29, 1.82) is 0 Å². The summed E-state index contributed by atoms with van der Waals surface area (Å²) < 4.78 is 10.9. The molecule has 0 fully saturated rings.